The maximum Gasteiger partial charge on any atom is 0.490 e. The second-order valence-corrected chi connectivity index (χ2v) is 9.40. The van der Waals surface area contributed by atoms with Crippen molar-refractivity contribution < 1.29 is 36.2 Å². The predicted molar refractivity (Wildman–Crippen MR) is 138 cm³/mol. The normalized spacial score (nSPS) is 16.1. The Morgan fingerprint density at radius 2 is 1.65 bits per heavy atom. The van der Waals surface area contributed by atoms with E-state index in [0.29, 0.717) is 29.4 Å². The van der Waals surface area contributed by atoms with Crippen molar-refractivity contribution in [3.63, 3.8) is 0 Å². The van der Waals surface area contributed by atoms with Gasteiger partial charge in [0.15, 0.2) is 0 Å². The number of hydrogen-bond acceptors (Lipinski definition) is 4. The Kier molecular flexibility index (Phi) is 8.50. The van der Waals surface area contributed by atoms with E-state index in [2.05, 4.69) is 39.1 Å². The molecule has 1 unspecified atom stereocenters. The molecule has 6 nitrogen and oxygen atoms in total. The van der Waals surface area contributed by atoms with Crippen LogP contribution in [0.2, 0.25) is 0 Å². The van der Waals surface area contributed by atoms with E-state index in [1.807, 2.05) is 24.3 Å². The maximum absolute atomic E-state index is 13.0. The van der Waals surface area contributed by atoms with Crippen molar-refractivity contribution in [3.8, 4) is 22.5 Å². The van der Waals surface area contributed by atoms with Crippen molar-refractivity contribution >= 4 is 17.0 Å². The number of carboxylic acids is 1. The molecule has 2 heterocycles. The van der Waals surface area contributed by atoms with Crippen molar-refractivity contribution in [1.29, 1.82) is 0 Å². The van der Waals surface area contributed by atoms with Crippen LogP contribution in [-0.2, 0) is 17.5 Å². The molecule has 1 aliphatic heterocycles. The van der Waals surface area contributed by atoms with E-state index >= 15 is 0 Å². The van der Waals surface area contributed by atoms with Gasteiger partial charge >= 0.3 is 18.3 Å². The number of fused-ring (bicyclic) bond motifs is 1. The number of carbonyl (C=O) groups is 1. The number of nitrogens with one attached hydrogen (secondary N) is 1. The molecule has 1 aromatic heterocycles. The zero-order valence-corrected chi connectivity index (χ0v) is 21.1. The zero-order valence-electron chi connectivity index (χ0n) is 21.1. The summed E-state index contributed by atoms with van der Waals surface area (Å²) in [6.45, 7) is 2.69. The minimum atomic E-state index is -5.08. The molecule has 0 spiro atoms. The van der Waals surface area contributed by atoms with Crippen LogP contribution < -0.4 is 5.73 Å². The summed E-state index contributed by atoms with van der Waals surface area (Å²) in [4.78, 5) is 18.9. The van der Waals surface area contributed by atoms with Crippen LogP contribution in [0.3, 0.4) is 0 Å². The number of nitrogens with zero attached hydrogens (tertiary/aromatic N) is 2. The SMILES string of the molecule is NCC1CCCN1Cc1ccc(-c2cccc(-c3nc4ccc(C(F)(F)F)cc4[nH]3)c2)cc1.O=C(O)C(F)(F)F. The highest BCUT2D eigenvalue weighted by atomic mass is 19.4. The quantitative estimate of drug-likeness (QED) is 0.242. The number of aromatic amines is 1. The molecule has 1 atom stereocenters. The van der Waals surface area contributed by atoms with E-state index < -0.39 is 23.9 Å². The van der Waals surface area contributed by atoms with Crippen LogP contribution in [-0.4, -0.2) is 51.3 Å². The summed E-state index contributed by atoms with van der Waals surface area (Å²) in [6, 6.07) is 20.4. The Morgan fingerprint density at radius 1 is 0.975 bits per heavy atom. The topological polar surface area (TPSA) is 95.2 Å². The summed E-state index contributed by atoms with van der Waals surface area (Å²) in [5.41, 5.74) is 10.3. The lowest BCUT2D eigenvalue weighted by molar-refractivity contribution is -0.192. The van der Waals surface area contributed by atoms with Gasteiger partial charge in [0.05, 0.1) is 16.6 Å². The second-order valence-electron chi connectivity index (χ2n) is 9.40. The number of benzene rings is 3. The molecule has 1 fully saturated rings. The second kappa shape index (κ2) is 11.7. The van der Waals surface area contributed by atoms with E-state index in [4.69, 9.17) is 15.6 Å². The monoisotopic (exact) mass is 564 g/mol. The number of halogens is 6. The standard InChI is InChI=1S/C26H25F3N4.C2HF3O2/c27-26(28,29)21-10-11-23-24(14-21)32-25(31-23)20-4-1-3-19(13-20)18-8-6-17(7-9-18)16-33-12-2-5-22(33)15-30;3-2(4,5)1(6)7/h1,3-4,6-11,13-14,22H,2,5,12,15-16,30H2,(H,31,32);(H,6,7). The molecule has 1 saturated heterocycles. The smallest absolute Gasteiger partial charge is 0.475 e. The molecule has 212 valence electrons. The molecule has 0 bridgehead atoms. The van der Waals surface area contributed by atoms with Gasteiger partial charge in [0, 0.05) is 24.7 Å². The van der Waals surface area contributed by atoms with Gasteiger partial charge in [-0.3, -0.25) is 4.90 Å². The Morgan fingerprint density at radius 3 is 2.27 bits per heavy atom. The molecule has 0 amide bonds. The summed E-state index contributed by atoms with van der Waals surface area (Å²) >= 11 is 0. The molecule has 4 N–H and O–H groups in total. The fourth-order valence-electron chi connectivity index (χ4n) is 4.58. The van der Waals surface area contributed by atoms with Crippen LogP contribution in [0.5, 0.6) is 0 Å². The number of aromatic nitrogens is 2. The molecule has 5 rings (SSSR count). The van der Waals surface area contributed by atoms with Gasteiger partial charge in [-0.05, 0) is 60.3 Å². The Bertz CT molecular complexity index is 1460. The van der Waals surface area contributed by atoms with E-state index in [1.165, 1.54) is 24.5 Å². The highest BCUT2D eigenvalue weighted by molar-refractivity contribution is 5.81. The van der Waals surface area contributed by atoms with Crippen molar-refractivity contribution in [1.82, 2.24) is 14.9 Å². The van der Waals surface area contributed by atoms with Crippen LogP contribution in [0, 0.1) is 0 Å². The first-order chi connectivity index (χ1) is 18.8. The van der Waals surface area contributed by atoms with Gasteiger partial charge in [-0.2, -0.15) is 26.3 Å². The van der Waals surface area contributed by atoms with Gasteiger partial charge in [-0.1, -0.05) is 42.5 Å². The Hall–Kier alpha value is -3.90. The molecule has 1 aliphatic rings. The average molecular weight is 565 g/mol. The zero-order chi connectivity index (χ0) is 29.1. The third kappa shape index (κ3) is 6.99. The summed E-state index contributed by atoms with van der Waals surface area (Å²) in [7, 11) is 0. The number of H-pyrrole nitrogens is 1. The van der Waals surface area contributed by atoms with Gasteiger partial charge in [0.25, 0.3) is 0 Å². The summed E-state index contributed by atoms with van der Waals surface area (Å²) in [5, 5.41) is 7.12. The van der Waals surface area contributed by atoms with E-state index in [9.17, 15) is 26.3 Å². The molecule has 0 aliphatic carbocycles. The number of nitrogens with two attached hydrogens (primary N) is 1. The van der Waals surface area contributed by atoms with Crippen molar-refractivity contribution in [3.05, 3.63) is 77.9 Å². The van der Waals surface area contributed by atoms with Crippen LogP contribution in [0.1, 0.15) is 24.0 Å². The van der Waals surface area contributed by atoms with Gasteiger partial charge in [-0.15, -0.1) is 0 Å². The lowest BCUT2D eigenvalue weighted by Gasteiger charge is -2.23. The Balaban J connectivity index is 0.000000470. The van der Waals surface area contributed by atoms with Crippen LogP contribution >= 0.6 is 0 Å². The number of alkyl halides is 6. The lowest BCUT2D eigenvalue weighted by atomic mass is 10.0. The fraction of sp³-hybridized carbons (Fsp3) is 0.286. The molecule has 40 heavy (non-hydrogen) atoms. The van der Waals surface area contributed by atoms with Gasteiger partial charge in [0.1, 0.15) is 5.82 Å². The highest BCUT2D eigenvalue weighted by Crippen LogP contribution is 2.32. The van der Waals surface area contributed by atoms with Crippen molar-refractivity contribution in [2.75, 3.05) is 13.1 Å². The maximum atomic E-state index is 13.0. The first kappa shape index (κ1) is 29.1. The van der Waals surface area contributed by atoms with Gasteiger partial charge in [-0.25, -0.2) is 9.78 Å². The third-order valence-electron chi connectivity index (χ3n) is 6.63. The highest BCUT2D eigenvalue weighted by Gasteiger charge is 2.38. The van der Waals surface area contributed by atoms with Gasteiger partial charge in [0.2, 0.25) is 0 Å². The van der Waals surface area contributed by atoms with Gasteiger partial charge < -0.3 is 15.8 Å². The first-order valence-electron chi connectivity index (χ1n) is 12.4. The fourth-order valence-corrected chi connectivity index (χ4v) is 4.58. The number of hydrogen-bond donors (Lipinski definition) is 3. The van der Waals surface area contributed by atoms with Crippen molar-refractivity contribution in [2.24, 2.45) is 5.73 Å². The van der Waals surface area contributed by atoms with Crippen LogP contribution in [0.25, 0.3) is 33.5 Å². The molecule has 0 radical (unpaired) electrons. The van der Waals surface area contributed by atoms with E-state index in [1.54, 1.807) is 0 Å². The van der Waals surface area contributed by atoms with Crippen LogP contribution in [0.4, 0.5) is 26.3 Å². The molecular formula is C28H26F6N4O2. The number of carboxylic acid groups (broad SMARTS) is 1. The summed E-state index contributed by atoms with van der Waals surface area (Å²) in [6.07, 6.45) is -7.10. The summed E-state index contributed by atoms with van der Waals surface area (Å²) in [5.74, 6) is -2.21. The number of aliphatic carboxylic acids is 1. The lowest BCUT2D eigenvalue weighted by Crippen LogP contribution is -2.34. The third-order valence-corrected chi connectivity index (χ3v) is 6.63. The summed E-state index contributed by atoms with van der Waals surface area (Å²) < 4.78 is 70.8. The minimum absolute atomic E-state index is 0.368. The average Bonchev–Trinajstić information content (AvgIpc) is 3.54. The molecule has 3 aromatic carbocycles. The van der Waals surface area contributed by atoms with Crippen LogP contribution in [0.15, 0.2) is 66.7 Å². The largest absolute Gasteiger partial charge is 0.490 e. The molecular weight excluding hydrogens is 538 g/mol. The minimum Gasteiger partial charge on any atom is -0.475 e. The Labute approximate surface area is 225 Å². The van der Waals surface area contributed by atoms with E-state index in [0.717, 1.165) is 41.9 Å². The first-order valence-corrected chi connectivity index (χ1v) is 12.4. The van der Waals surface area contributed by atoms with Crippen molar-refractivity contribution in [2.45, 2.75) is 37.8 Å². The number of likely N-dealkylation sites (tertiary alicyclic amines) is 1. The molecule has 0 saturated carbocycles. The predicted octanol–water partition coefficient (Wildman–Crippen LogP) is 6.47. The molecule has 12 heteroatoms. The number of imidazole rings is 1. The molecule has 4 aromatic rings. The number of rotatable bonds is 5. The van der Waals surface area contributed by atoms with E-state index in [-0.39, 0.29) is 0 Å².